The van der Waals surface area contributed by atoms with Crippen molar-refractivity contribution in [2.24, 2.45) is 0 Å². The third-order valence-electron chi connectivity index (χ3n) is 5.17. The summed E-state index contributed by atoms with van der Waals surface area (Å²) in [7, 11) is -2.26. The predicted molar refractivity (Wildman–Crippen MR) is 119 cm³/mol. The second kappa shape index (κ2) is 10.3. The summed E-state index contributed by atoms with van der Waals surface area (Å²) in [5.74, 6) is 0.330. The molecule has 0 saturated heterocycles. The first-order valence-electron chi connectivity index (χ1n) is 10.2. The average Bonchev–Trinajstić information content (AvgIpc) is 3.01. The smallest absolute Gasteiger partial charge is 0.262 e. The van der Waals surface area contributed by atoms with Gasteiger partial charge in [0.25, 0.3) is 10.0 Å². The number of para-hydroxylation sites is 2. The van der Waals surface area contributed by atoms with Crippen LogP contribution in [0.3, 0.4) is 0 Å². The lowest BCUT2D eigenvalue weighted by Crippen LogP contribution is -2.33. The third-order valence-corrected chi connectivity index (χ3v) is 6.55. The summed E-state index contributed by atoms with van der Waals surface area (Å²) in [4.78, 5) is 12.3. The van der Waals surface area contributed by atoms with Gasteiger partial charge in [0.15, 0.2) is 0 Å². The van der Waals surface area contributed by atoms with Crippen LogP contribution in [-0.2, 0) is 14.8 Å². The Morgan fingerprint density at radius 1 is 1.00 bits per heavy atom. The normalized spacial score (nSPS) is 15.5. The van der Waals surface area contributed by atoms with Gasteiger partial charge in [0.05, 0.1) is 17.7 Å². The minimum Gasteiger partial charge on any atom is -0.495 e. The molecule has 1 saturated carbocycles. The summed E-state index contributed by atoms with van der Waals surface area (Å²) in [6, 6.07) is 13.4. The molecule has 1 amide bonds. The molecule has 2 aromatic carbocycles. The average molecular weight is 429 g/mol. The minimum absolute atomic E-state index is 0.114. The number of amides is 1. The number of carbonyl (C=O) groups excluding carboxylic acids is 1. The summed E-state index contributed by atoms with van der Waals surface area (Å²) >= 11 is 0. The second-order valence-electron chi connectivity index (χ2n) is 7.41. The van der Waals surface area contributed by atoms with E-state index in [0.717, 1.165) is 31.2 Å². The van der Waals surface area contributed by atoms with Crippen LogP contribution in [0.1, 0.15) is 44.1 Å². The van der Waals surface area contributed by atoms with Crippen LogP contribution in [0.2, 0.25) is 0 Å². The molecule has 2 N–H and O–H groups in total. The van der Waals surface area contributed by atoms with E-state index in [-0.39, 0.29) is 16.8 Å². The molecule has 0 spiro atoms. The molecule has 0 radical (unpaired) electrons. The van der Waals surface area contributed by atoms with Crippen molar-refractivity contribution in [2.75, 3.05) is 11.8 Å². The van der Waals surface area contributed by atoms with E-state index >= 15 is 0 Å². The highest BCUT2D eigenvalue weighted by Gasteiger charge is 2.16. The molecular weight excluding hydrogens is 400 g/mol. The zero-order valence-electron chi connectivity index (χ0n) is 17.1. The summed E-state index contributed by atoms with van der Waals surface area (Å²) < 4.78 is 33.0. The fourth-order valence-corrected chi connectivity index (χ4v) is 4.61. The quantitative estimate of drug-likeness (QED) is 0.507. The Balaban J connectivity index is 1.62. The number of carbonyl (C=O) groups is 1. The van der Waals surface area contributed by atoms with E-state index < -0.39 is 10.0 Å². The number of hydrogen-bond acceptors (Lipinski definition) is 4. The summed E-state index contributed by atoms with van der Waals surface area (Å²) in [5, 5.41) is 3.06. The number of anilines is 1. The molecule has 0 unspecified atom stereocenters. The van der Waals surface area contributed by atoms with Gasteiger partial charge in [-0.2, -0.15) is 0 Å². The number of benzene rings is 2. The van der Waals surface area contributed by atoms with Gasteiger partial charge in [-0.25, -0.2) is 8.42 Å². The first-order valence-corrected chi connectivity index (χ1v) is 11.7. The third kappa shape index (κ3) is 6.10. The molecule has 0 atom stereocenters. The number of nitrogens with one attached hydrogen (secondary N) is 2. The van der Waals surface area contributed by atoms with Crippen LogP contribution in [0.15, 0.2) is 59.5 Å². The van der Waals surface area contributed by atoms with E-state index in [1.54, 1.807) is 42.5 Å². The molecule has 160 valence electrons. The molecule has 1 aliphatic carbocycles. The molecule has 0 bridgehead atoms. The Morgan fingerprint density at radius 3 is 2.33 bits per heavy atom. The van der Waals surface area contributed by atoms with Gasteiger partial charge in [0.1, 0.15) is 5.75 Å². The van der Waals surface area contributed by atoms with Crippen molar-refractivity contribution in [3.8, 4) is 5.75 Å². The van der Waals surface area contributed by atoms with Gasteiger partial charge in [-0.15, -0.1) is 0 Å². The van der Waals surface area contributed by atoms with Crippen molar-refractivity contribution >= 4 is 27.7 Å². The van der Waals surface area contributed by atoms with Gasteiger partial charge in [-0.3, -0.25) is 9.52 Å². The monoisotopic (exact) mass is 428 g/mol. The van der Waals surface area contributed by atoms with E-state index in [9.17, 15) is 13.2 Å². The fraction of sp³-hybridized carbons (Fsp3) is 0.348. The van der Waals surface area contributed by atoms with Crippen LogP contribution in [0.25, 0.3) is 6.08 Å². The molecule has 0 aliphatic heterocycles. The van der Waals surface area contributed by atoms with Gasteiger partial charge in [0.2, 0.25) is 5.91 Å². The highest BCUT2D eigenvalue weighted by molar-refractivity contribution is 7.92. The zero-order chi connectivity index (χ0) is 21.4. The van der Waals surface area contributed by atoms with Crippen molar-refractivity contribution in [2.45, 2.75) is 49.5 Å². The Kier molecular flexibility index (Phi) is 7.52. The van der Waals surface area contributed by atoms with Gasteiger partial charge in [-0.05, 0) is 48.7 Å². The number of rotatable bonds is 7. The molecule has 30 heavy (non-hydrogen) atoms. The highest BCUT2D eigenvalue weighted by atomic mass is 32.2. The van der Waals surface area contributed by atoms with E-state index in [1.165, 1.54) is 38.2 Å². The van der Waals surface area contributed by atoms with Crippen LogP contribution in [-0.4, -0.2) is 27.5 Å². The van der Waals surface area contributed by atoms with E-state index in [1.807, 2.05) is 0 Å². The fourth-order valence-electron chi connectivity index (χ4n) is 3.54. The molecule has 6 nitrogen and oxygen atoms in total. The molecule has 2 aromatic rings. The standard InChI is InChI=1S/C23H28N2O4S/c1-29-22-11-7-6-10-21(22)25-30(27,28)20-15-12-18(13-16-20)14-17-23(26)24-19-8-4-2-3-5-9-19/h6-7,10-17,19,25H,2-5,8-9H2,1H3,(H,24,26)/b17-14+. The molecule has 0 heterocycles. The molecule has 0 aromatic heterocycles. The maximum absolute atomic E-state index is 12.6. The minimum atomic E-state index is -3.75. The molecular formula is C23H28N2O4S. The van der Waals surface area contributed by atoms with Gasteiger partial charge in [0, 0.05) is 12.1 Å². The van der Waals surface area contributed by atoms with Gasteiger partial charge >= 0.3 is 0 Å². The maximum atomic E-state index is 12.6. The van der Waals surface area contributed by atoms with Gasteiger partial charge in [-0.1, -0.05) is 49.9 Å². The maximum Gasteiger partial charge on any atom is 0.262 e. The van der Waals surface area contributed by atoms with Crippen molar-refractivity contribution in [3.05, 3.63) is 60.2 Å². The summed E-state index contributed by atoms with van der Waals surface area (Å²) in [6.07, 6.45) is 10.1. The topological polar surface area (TPSA) is 84.5 Å². The van der Waals surface area contributed by atoms with E-state index in [2.05, 4.69) is 10.0 Å². The van der Waals surface area contributed by atoms with Crippen molar-refractivity contribution in [1.82, 2.24) is 5.32 Å². The first kappa shape index (κ1) is 21.9. The number of hydrogen-bond donors (Lipinski definition) is 2. The van der Waals surface area contributed by atoms with Crippen LogP contribution >= 0.6 is 0 Å². The van der Waals surface area contributed by atoms with E-state index in [4.69, 9.17) is 4.74 Å². The predicted octanol–water partition coefficient (Wildman–Crippen LogP) is 4.35. The van der Waals surface area contributed by atoms with Crippen LogP contribution in [0.4, 0.5) is 5.69 Å². The molecule has 3 rings (SSSR count). The Morgan fingerprint density at radius 2 is 1.67 bits per heavy atom. The lowest BCUT2D eigenvalue weighted by atomic mass is 10.1. The lowest BCUT2D eigenvalue weighted by Gasteiger charge is -2.14. The summed E-state index contributed by atoms with van der Waals surface area (Å²) in [5.41, 5.74) is 1.13. The zero-order valence-corrected chi connectivity index (χ0v) is 18.0. The summed E-state index contributed by atoms with van der Waals surface area (Å²) in [6.45, 7) is 0. The molecule has 7 heteroatoms. The first-order chi connectivity index (χ1) is 14.5. The highest BCUT2D eigenvalue weighted by Crippen LogP contribution is 2.26. The molecule has 1 fully saturated rings. The van der Waals surface area contributed by atoms with Crippen molar-refractivity contribution in [3.63, 3.8) is 0 Å². The Labute approximate surface area is 178 Å². The lowest BCUT2D eigenvalue weighted by molar-refractivity contribution is -0.117. The number of methoxy groups -OCH3 is 1. The number of ether oxygens (including phenoxy) is 1. The van der Waals surface area contributed by atoms with Gasteiger partial charge < -0.3 is 10.1 Å². The van der Waals surface area contributed by atoms with Crippen LogP contribution < -0.4 is 14.8 Å². The Hall–Kier alpha value is -2.80. The second-order valence-corrected chi connectivity index (χ2v) is 9.09. The van der Waals surface area contributed by atoms with Crippen LogP contribution in [0, 0.1) is 0 Å². The van der Waals surface area contributed by atoms with Crippen LogP contribution in [0.5, 0.6) is 5.75 Å². The van der Waals surface area contributed by atoms with E-state index in [0.29, 0.717) is 11.4 Å². The molecule has 1 aliphatic rings. The number of sulfonamides is 1. The van der Waals surface area contributed by atoms with Crippen molar-refractivity contribution < 1.29 is 17.9 Å². The van der Waals surface area contributed by atoms with Crippen molar-refractivity contribution in [1.29, 1.82) is 0 Å². The Bertz CT molecular complexity index is 977. The SMILES string of the molecule is COc1ccccc1NS(=O)(=O)c1ccc(/C=C/C(=O)NC2CCCCCC2)cc1. The largest absolute Gasteiger partial charge is 0.495 e.